The zero-order valence-corrected chi connectivity index (χ0v) is 18.6. The molecule has 2 aromatic rings. The van der Waals surface area contributed by atoms with Crippen molar-refractivity contribution in [1.29, 1.82) is 0 Å². The first kappa shape index (κ1) is 22.9. The minimum Gasteiger partial charge on any atom is -0.490 e. The van der Waals surface area contributed by atoms with Crippen LogP contribution in [0.25, 0.3) is 0 Å². The summed E-state index contributed by atoms with van der Waals surface area (Å²) in [5, 5.41) is 3.33. The van der Waals surface area contributed by atoms with Crippen molar-refractivity contribution >= 4 is 17.8 Å². The van der Waals surface area contributed by atoms with E-state index in [1.165, 1.54) is 12.1 Å². The molecule has 0 bridgehead atoms. The molecule has 1 aliphatic heterocycles. The molecular weight excluding hydrogens is 414 g/mol. The molecule has 0 unspecified atom stereocenters. The van der Waals surface area contributed by atoms with Gasteiger partial charge in [0.05, 0.1) is 19.8 Å². The number of carbonyl (C=O) groups is 3. The maximum Gasteiger partial charge on any atom is 0.344 e. The lowest BCUT2D eigenvalue weighted by Gasteiger charge is -2.22. The molecule has 0 spiro atoms. The van der Waals surface area contributed by atoms with Gasteiger partial charge in [0.25, 0.3) is 11.8 Å². The highest BCUT2D eigenvalue weighted by Crippen LogP contribution is 2.39. The average molecular weight is 441 g/mol. The highest BCUT2D eigenvalue weighted by atomic mass is 16.5. The molecule has 4 amide bonds. The van der Waals surface area contributed by atoms with E-state index in [-0.39, 0.29) is 5.56 Å². The zero-order chi connectivity index (χ0) is 23.3. The van der Waals surface area contributed by atoms with Crippen molar-refractivity contribution in [3.8, 4) is 17.2 Å². The van der Waals surface area contributed by atoms with Crippen LogP contribution in [0.15, 0.2) is 42.5 Å². The molecule has 1 aliphatic rings. The molecule has 0 saturated carbocycles. The normalized spacial score (nSPS) is 17.7. The fourth-order valence-electron chi connectivity index (χ4n) is 3.39. The molecule has 3 rings (SSSR count). The second-order valence-electron chi connectivity index (χ2n) is 7.10. The quantitative estimate of drug-likeness (QED) is 0.580. The maximum atomic E-state index is 13.0. The maximum absolute atomic E-state index is 13.0. The first-order valence-electron chi connectivity index (χ1n) is 10.4. The van der Waals surface area contributed by atoms with Crippen LogP contribution in [0.5, 0.6) is 17.2 Å². The molecule has 1 fully saturated rings. The Hall–Kier alpha value is -3.75. The predicted octanol–water partition coefficient (Wildman–Crippen LogP) is 2.99. The van der Waals surface area contributed by atoms with Gasteiger partial charge in [0.1, 0.15) is 5.54 Å². The largest absolute Gasteiger partial charge is 0.490 e. The van der Waals surface area contributed by atoms with Gasteiger partial charge in [-0.3, -0.25) is 15.0 Å². The summed E-state index contributed by atoms with van der Waals surface area (Å²) in [6.07, 6.45) is 0. The van der Waals surface area contributed by atoms with E-state index in [1.54, 1.807) is 45.0 Å². The van der Waals surface area contributed by atoms with E-state index in [4.69, 9.17) is 14.2 Å². The van der Waals surface area contributed by atoms with E-state index in [0.717, 1.165) is 0 Å². The summed E-state index contributed by atoms with van der Waals surface area (Å²) < 4.78 is 16.9. The van der Waals surface area contributed by atoms with Crippen LogP contribution in [0.2, 0.25) is 0 Å². The van der Waals surface area contributed by atoms with E-state index in [2.05, 4.69) is 10.7 Å². The standard InChI is InChI=1S/C23H27N3O6/c1-5-30-17-13-15(14-18(31-6-2)19(17)32-7-3)20(27)25-26-21(28)23(4,24-22(26)29)16-11-9-8-10-12-16/h8-14H,5-7H2,1-4H3,(H,24,29)(H,25,27)/t23-/m1/s1. The van der Waals surface area contributed by atoms with E-state index < -0.39 is 23.4 Å². The number of hydrogen-bond acceptors (Lipinski definition) is 6. The van der Waals surface area contributed by atoms with Crippen LogP contribution < -0.4 is 25.0 Å². The summed E-state index contributed by atoms with van der Waals surface area (Å²) in [5.41, 5.74) is 1.85. The molecule has 0 aliphatic carbocycles. The monoisotopic (exact) mass is 441 g/mol. The van der Waals surface area contributed by atoms with Gasteiger partial charge in [0.2, 0.25) is 5.75 Å². The van der Waals surface area contributed by atoms with Gasteiger partial charge in [-0.1, -0.05) is 30.3 Å². The highest BCUT2D eigenvalue weighted by molar-refractivity contribution is 6.09. The summed E-state index contributed by atoms with van der Waals surface area (Å²) in [4.78, 5) is 38.6. The third kappa shape index (κ3) is 4.32. The van der Waals surface area contributed by atoms with Gasteiger partial charge in [0.15, 0.2) is 11.5 Å². The van der Waals surface area contributed by atoms with Crippen molar-refractivity contribution in [2.75, 3.05) is 19.8 Å². The Morgan fingerprint density at radius 3 is 2.06 bits per heavy atom. The lowest BCUT2D eigenvalue weighted by molar-refractivity contribution is -0.132. The molecule has 0 aromatic heterocycles. The predicted molar refractivity (Wildman–Crippen MR) is 117 cm³/mol. The van der Waals surface area contributed by atoms with Crippen LogP contribution in [0.4, 0.5) is 4.79 Å². The molecule has 2 N–H and O–H groups in total. The molecule has 9 nitrogen and oxygen atoms in total. The molecule has 0 radical (unpaired) electrons. The summed E-state index contributed by atoms with van der Waals surface area (Å²) in [6, 6.07) is 11.1. The average Bonchev–Trinajstić information content (AvgIpc) is 3.00. The number of hydrogen-bond donors (Lipinski definition) is 2. The highest BCUT2D eigenvalue weighted by Gasteiger charge is 2.50. The Morgan fingerprint density at radius 2 is 1.53 bits per heavy atom. The van der Waals surface area contributed by atoms with E-state index in [9.17, 15) is 14.4 Å². The number of amides is 4. The molecule has 170 valence electrons. The number of urea groups is 1. The van der Waals surface area contributed by atoms with Gasteiger partial charge >= 0.3 is 6.03 Å². The summed E-state index contributed by atoms with van der Waals surface area (Å²) in [6.45, 7) is 8.10. The number of imide groups is 1. The molecule has 9 heteroatoms. The Morgan fingerprint density at radius 1 is 0.969 bits per heavy atom. The Balaban J connectivity index is 1.89. The number of ether oxygens (including phenoxy) is 3. The van der Waals surface area contributed by atoms with E-state index in [1.807, 2.05) is 13.0 Å². The van der Waals surface area contributed by atoms with Gasteiger partial charge in [0, 0.05) is 5.56 Å². The van der Waals surface area contributed by atoms with Crippen molar-refractivity contribution in [2.24, 2.45) is 0 Å². The minimum atomic E-state index is -1.29. The third-order valence-electron chi connectivity index (χ3n) is 4.93. The first-order chi connectivity index (χ1) is 15.3. The fourth-order valence-corrected chi connectivity index (χ4v) is 3.39. The van der Waals surface area contributed by atoms with Crippen molar-refractivity contribution < 1.29 is 28.6 Å². The van der Waals surface area contributed by atoms with Crippen molar-refractivity contribution in [2.45, 2.75) is 33.2 Å². The number of nitrogens with zero attached hydrogens (tertiary/aromatic N) is 1. The Kier molecular flexibility index (Phi) is 6.87. The lowest BCUT2D eigenvalue weighted by atomic mass is 9.92. The van der Waals surface area contributed by atoms with Crippen LogP contribution >= 0.6 is 0 Å². The number of hydrazine groups is 1. The van der Waals surface area contributed by atoms with Crippen molar-refractivity contribution in [3.63, 3.8) is 0 Å². The summed E-state index contributed by atoms with van der Waals surface area (Å²) >= 11 is 0. The zero-order valence-electron chi connectivity index (χ0n) is 18.6. The van der Waals surface area contributed by atoms with Crippen LogP contribution in [-0.4, -0.2) is 42.7 Å². The first-order valence-corrected chi connectivity index (χ1v) is 10.4. The van der Waals surface area contributed by atoms with Gasteiger partial charge in [-0.15, -0.1) is 0 Å². The van der Waals surface area contributed by atoms with Crippen molar-refractivity contribution in [1.82, 2.24) is 15.8 Å². The Bertz CT molecular complexity index is 983. The molecule has 1 atom stereocenters. The SMILES string of the molecule is CCOc1cc(C(=O)NN2C(=O)N[C@](C)(c3ccccc3)C2=O)cc(OCC)c1OCC. The van der Waals surface area contributed by atoms with Crippen LogP contribution in [0.1, 0.15) is 43.6 Å². The van der Waals surface area contributed by atoms with Crippen LogP contribution in [-0.2, 0) is 10.3 Å². The van der Waals surface area contributed by atoms with Gasteiger partial charge in [-0.2, -0.15) is 5.01 Å². The van der Waals surface area contributed by atoms with Gasteiger partial charge < -0.3 is 19.5 Å². The number of nitrogens with one attached hydrogen (secondary N) is 2. The van der Waals surface area contributed by atoms with Crippen LogP contribution in [0.3, 0.4) is 0 Å². The molecule has 1 heterocycles. The fraction of sp³-hybridized carbons (Fsp3) is 0.348. The molecule has 32 heavy (non-hydrogen) atoms. The smallest absolute Gasteiger partial charge is 0.344 e. The van der Waals surface area contributed by atoms with E-state index in [0.29, 0.717) is 47.6 Å². The molecular formula is C23H27N3O6. The third-order valence-corrected chi connectivity index (χ3v) is 4.93. The Labute approximate surface area is 186 Å². The molecule has 2 aromatic carbocycles. The number of rotatable bonds is 9. The minimum absolute atomic E-state index is 0.147. The van der Waals surface area contributed by atoms with Crippen molar-refractivity contribution in [3.05, 3.63) is 53.6 Å². The topological polar surface area (TPSA) is 106 Å². The van der Waals surface area contributed by atoms with Gasteiger partial charge in [-0.05, 0) is 45.4 Å². The summed E-state index contributed by atoms with van der Waals surface area (Å²) in [5.74, 6) is -0.216. The van der Waals surface area contributed by atoms with Crippen LogP contribution in [0, 0.1) is 0 Å². The number of benzene rings is 2. The van der Waals surface area contributed by atoms with Gasteiger partial charge in [-0.25, -0.2) is 4.79 Å². The number of carbonyl (C=O) groups excluding carboxylic acids is 3. The second-order valence-corrected chi connectivity index (χ2v) is 7.10. The molecule has 1 saturated heterocycles. The van der Waals surface area contributed by atoms with E-state index >= 15 is 0 Å². The second kappa shape index (κ2) is 9.59. The lowest BCUT2D eigenvalue weighted by Crippen LogP contribution is -2.47. The summed E-state index contributed by atoms with van der Waals surface area (Å²) in [7, 11) is 0.